The number of carboxylic acid groups (broad SMARTS) is 1. The molecule has 6 nitrogen and oxygen atoms in total. The molecule has 1 aromatic rings. The van der Waals surface area contributed by atoms with Gasteiger partial charge in [-0.1, -0.05) is 0 Å². The van der Waals surface area contributed by atoms with Crippen LogP contribution in [0, 0.1) is 11.8 Å². The van der Waals surface area contributed by atoms with Crippen LogP contribution in [0.2, 0.25) is 0 Å². The third-order valence-electron chi connectivity index (χ3n) is 6.03. The third-order valence-corrected chi connectivity index (χ3v) is 6.03. The van der Waals surface area contributed by atoms with E-state index in [4.69, 9.17) is 5.11 Å². The lowest BCUT2D eigenvalue weighted by Gasteiger charge is -2.40. The van der Waals surface area contributed by atoms with Crippen LogP contribution in [0.25, 0.3) is 0 Å². The second-order valence-electron chi connectivity index (χ2n) is 8.00. The van der Waals surface area contributed by atoms with Gasteiger partial charge in [-0.25, -0.2) is 4.98 Å². The number of hydrogen-bond acceptors (Lipinski definition) is 5. The van der Waals surface area contributed by atoms with Gasteiger partial charge in [0.2, 0.25) is 5.95 Å². The molecule has 4 rings (SSSR count). The fourth-order valence-corrected chi connectivity index (χ4v) is 4.41. The molecule has 9 heteroatoms. The Balaban J connectivity index is 1.54. The van der Waals surface area contributed by atoms with E-state index in [2.05, 4.69) is 9.97 Å². The molecule has 3 aliphatic rings. The Morgan fingerprint density at radius 2 is 1.96 bits per heavy atom. The molecule has 1 aliphatic carbocycles. The minimum absolute atomic E-state index is 0.155. The summed E-state index contributed by atoms with van der Waals surface area (Å²) in [7, 11) is 0. The minimum Gasteiger partial charge on any atom is -0.481 e. The molecule has 0 amide bonds. The third kappa shape index (κ3) is 3.43. The largest absolute Gasteiger partial charge is 0.481 e. The van der Waals surface area contributed by atoms with Crippen molar-refractivity contribution in [2.75, 3.05) is 29.4 Å². The van der Waals surface area contributed by atoms with Gasteiger partial charge in [-0.15, -0.1) is 0 Å². The molecule has 0 spiro atoms. The first-order valence-corrected chi connectivity index (χ1v) is 9.44. The van der Waals surface area contributed by atoms with Crippen molar-refractivity contribution in [2.24, 2.45) is 11.8 Å². The zero-order valence-corrected chi connectivity index (χ0v) is 15.2. The predicted molar refractivity (Wildman–Crippen MR) is 92.8 cm³/mol. The molecule has 2 fully saturated rings. The van der Waals surface area contributed by atoms with Gasteiger partial charge in [0.25, 0.3) is 0 Å². The summed E-state index contributed by atoms with van der Waals surface area (Å²) < 4.78 is 40.7. The van der Waals surface area contributed by atoms with Crippen LogP contribution in [0.15, 0.2) is 0 Å². The van der Waals surface area contributed by atoms with E-state index in [0.29, 0.717) is 37.8 Å². The zero-order chi connectivity index (χ0) is 19.3. The molecule has 27 heavy (non-hydrogen) atoms. The number of rotatable bonds is 5. The molecule has 1 saturated carbocycles. The van der Waals surface area contributed by atoms with E-state index in [-0.39, 0.29) is 29.9 Å². The maximum absolute atomic E-state index is 13.6. The van der Waals surface area contributed by atoms with Gasteiger partial charge < -0.3 is 14.9 Å². The summed E-state index contributed by atoms with van der Waals surface area (Å²) in [5, 5.41) is 8.85. The molecule has 0 aromatic carbocycles. The number of fused-ring (bicyclic) bond motifs is 1. The van der Waals surface area contributed by atoms with Crippen LogP contribution in [0.4, 0.5) is 24.9 Å². The molecule has 0 unspecified atom stereocenters. The molecule has 1 saturated heterocycles. The molecule has 0 radical (unpaired) electrons. The van der Waals surface area contributed by atoms with E-state index >= 15 is 0 Å². The standard InChI is InChI=1S/C18H23F3N4O2/c1-10-2-5-25(10)17-22-15(18(19,20)21)13-3-4-24(16(13)23-17)9-12-6-11(7-12)8-14(26)27/h10-12H,2-9H2,1H3,(H,26,27)/t10-,11-,12+/m0/s1. The quantitative estimate of drug-likeness (QED) is 0.842. The number of carbonyl (C=O) groups is 1. The second-order valence-corrected chi connectivity index (χ2v) is 8.00. The Morgan fingerprint density at radius 3 is 2.52 bits per heavy atom. The number of halogens is 3. The molecule has 148 valence electrons. The van der Waals surface area contributed by atoms with Crippen LogP contribution in [-0.2, 0) is 17.4 Å². The van der Waals surface area contributed by atoms with Crippen molar-refractivity contribution in [1.82, 2.24) is 9.97 Å². The Morgan fingerprint density at radius 1 is 1.22 bits per heavy atom. The Kier molecular flexibility index (Phi) is 4.43. The highest BCUT2D eigenvalue weighted by Gasteiger charge is 2.42. The average molecular weight is 384 g/mol. The average Bonchev–Trinajstić information content (AvgIpc) is 2.92. The first-order chi connectivity index (χ1) is 12.7. The number of aromatic nitrogens is 2. The lowest BCUT2D eigenvalue weighted by molar-refractivity contribution is -0.142. The summed E-state index contributed by atoms with van der Waals surface area (Å²) in [6, 6.07) is 0.155. The molecule has 1 atom stereocenters. The van der Waals surface area contributed by atoms with E-state index < -0.39 is 17.8 Å². The molecular weight excluding hydrogens is 361 g/mol. The van der Waals surface area contributed by atoms with Crippen LogP contribution < -0.4 is 9.80 Å². The van der Waals surface area contributed by atoms with Crippen molar-refractivity contribution in [3.8, 4) is 0 Å². The van der Waals surface area contributed by atoms with E-state index in [0.717, 1.165) is 19.3 Å². The monoisotopic (exact) mass is 384 g/mol. The van der Waals surface area contributed by atoms with E-state index in [1.807, 2.05) is 16.7 Å². The van der Waals surface area contributed by atoms with Crippen LogP contribution in [0.3, 0.4) is 0 Å². The maximum atomic E-state index is 13.6. The minimum atomic E-state index is -4.49. The Labute approximate surface area is 155 Å². The van der Waals surface area contributed by atoms with Crippen LogP contribution in [0.1, 0.15) is 43.9 Å². The number of alkyl halides is 3. The fraction of sp³-hybridized carbons (Fsp3) is 0.722. The van der Waals surface area contributed by atoms with Crippen molar-refractivity contribution in [3.05, 3.63) is 11.3 Å². The maximum Gasteiger partial charge on any atom is 0.433 e. The number of hydrogen-bond donors (Lipinski definition) is 1. The topological polar surface area (TPSA) is 69.6 Å². The summed E-state index contributed by atoms with van der Waals surface area (Å²) in [6.45, 7) is 3.78. The molecule has 2 aliphatic heterocycles. The van der Waals surface area contributed by atoms with Crippen molar-refractivity contribution in [3.63, 3.8) is 0 Å². The lowest BCUT2D eigenvalue weighted by atomic mass is 9.73. The van der Waals surface area contributed by atoms with Gasteiger partial charge in [0.15, 0.2) is 5.69 Å². The van der Waals surface area contributed by atoms with Gasteiger partial charge in [-0.2, -0.15) is 18.2 Å². The lowest BCUT2D eigenvalue weighted by Crippen LogP contribution is -2.47. The highest BCUT2D eigenvalue weighted by atomic mass is 19.4. The molecule has 3 heterocycles. The van der Waals surface area contributed by atoms with Gasteiger partial charge in [0, 0.05) is 37.7 Å². The summed E-state index contributed by atoms with van der Waals surface area (Å²) in [5.74, 6) is 0.289. The van der Waals surface area contributed by atoms with E-state index in [9.17, 15) is 18.0 Å². The first kappa shape index (κ1) is 18.3. The van der Waals surface area contributed by atoms with E-state index in [1.165, 1.54) is 0 Å². The molecular formula is C18H23F3N4O2. The summed E-state index contributed by atoms with van der Waals surface area (Å²) >= 11 is 0. The highest BCUT2D eigenvalue weighted by molar-refractivity contribution is 5.67. The summed E-state index contributed by atoms with van der Waals surface area (Å²) in [5.41, 5.74) is -0.609. The smallest absolute Gasteiger partial charge is 0.433 e. The van der Waals surface area contributed by atoms with Gasteiger partial charge >= 0.3 is 12.1 Å². The van der Waals surface area contributed by atoms with Gasteiger partial charge in [0.1, 0.15) is 5.82 Å². The van der Waals surface area contributed by atoms with Gasteiger partial charge in [0.05, 0.1) is 0 Å². The summed E-state index contributed by atoms with van der Waals surface area (Å²) in [4.78, 5) is 22.9. The fourth-order valence-electron chi connectivity index (χ4n) is 4.41. The van der Waals surface area contributed by atoms with Crippen molar-refractivity contribution in [2.45, 2.75) is 51.2 Å². The van der Waals surface area contributed by atoms with Crippen molar-refractivity contribution < 1.29 is 23.1 Å². The van der Waals surface area contributed by atoms with Crippen molar-refractivity contribution >= 4 is 17.7 Å². The SMILES string of the molecule is C[C@H]1CCN1c1nc2c(c(C(F)(F)F)n1)CCN2C[C@H]1C[C@@H](CC(=O)O)C1. The zero-order valence-electron chi connectivity index (χ0n) is 15.2. The molecule has 1 aromatic heterocycles. The van der Waals surface area contributed by atoms with Crippen LogP contribution in [0.5, 0.6) is 0 Å². The predicted octanol–water partition coefficient (Wildman–Crippen LogP) is 2.96. The highest BCUT2D eigenvalue weighted by Crippen LogP contribution is 2.42. The number of aliphatic carboxylic acids is 1. The Hall–Kier alpha value is -2.06. The second kappa shape index (κ2) is 6.53. The van der Waals surface area contributed by atoms with Crippen molar-refractivity contribution in [1.29, 1.82) is 0 Å². The van der Waals surface area contributed by atoms with Gasteiger partial charge in [-0.05, 0) is 44.4 Å². The van der Waals surface area contributed by atoms with Crippen LogP contribution in [-0.4, -0.2) is 46.7 Å². The number of nitrogens with zero attached hydrogens (tertiary/aromatic N) is 4. The molecule has 0 bridgehead atoms. The normalized spacial score (nSPS) is 27.2. The van der Waals surface area contributed by atoms with Gasteiger partial charge in [-0.3, -0.25) is 4.79 Å². The summed E-state index contributed by atoms with van der Waals surface area (Å²) in [6.07, 6.45) is -1.47. The molecule has 1 N–H and O–H groups in total. The van der Waals surface area contributed by atoms with E-state index in [1.54, 1.807) is 0 Å². The number of carboxylic acids is 1. The Bertz CT molecular complexity index is 749. The first-order valence-electron chi connectivity index (χ1n) is 9.44. The van der Waals surface area contributed by atoms with Crippen LogP contribution >= 0.6 is 0 Å². The number of anilines is 2.